The number of amides is 1. The van der Waals surface area contributed by atoms with Gasteiger partial charge in [0.25, 0.3) is 5.91 Å². The number of aromatic nitrogens is 4. The number of ether oxygens (including phenoxy) is 2. The third-order valence-electron chi connectivity index (χ3n) is 7.00. The lowest BCUT2D eigenvalue weighted by atomic mass is 10.0. The third-order valence-corrected chi connectivity index (χ3v) is 7.00. The minimum absolute atomic E-state index is 0.0544. The molecule has 0 bridgehead atoms. The van der Waals surface area contributed by atoms with Gasteiger partial charge in [0.05, 0.1) is 19.4 Å². The lowest BCUT2D eigenvalue weighted by molar-refractivity contribution is -0.156. The quantitative estimate of drug-likeness (QED) is 0.205. The molecule has 0 atom stereocenters. The van der Waals surface area contributed by atoms with Crippen LogP contribution in [0.4, 0.5) is 23.5 Å². The SMILES string of the molecule is Cc1cc(-c2cnn3c(NCCN4CCOCC4)nc(Oc4cccc(F)c4)nc23)ccc1C(=O)NC1CC1.O=CC(F)(F)F. The Hall–Kier alpha value is -4.63. The van der Waals surface area contributed by atoms with Crippen molar-refractivity contribution in [1.82, 2.24) is 29.8 Å². The lowest BCUT2D eigenvalue weighted by Gasteiger charge is -2.26. The van der Waals surface area contributed by atoms with E-state index in [0.29, 0.717) is 35.5 Å². The van der Waals surface area contributed by atoms with Crippen LogP contribution in [-0.2, 0) is 9.53 Å². The number of benzene rings is 2. The van der Waals surface area contributed by atoms with Crippen molar-refractivity contribution < 1.29 is 36.6 Å². The second-order valence-electron chi connectivity index (χ2n) is 10.5. The zero-order valence-electron chi connectivity index (χ0n) is 24.3. The van der Waals surface area contributed by atoms with Crippen molar-refractivity contribution in [3.8, 4) is 22.9 Å². The fourth-order valence-corrected chi connectivity index (χ4v) is 4.59. The number of hydrogen-bond donors (Lipinski definition) is 2. The molecule has 2 aliphatic rings. The van der Waals surface area contributed by atoms with Crippen molar-refractivity contribution in [2.24, 2.45) is 0 Å². The van der Waals surface area contributed by atoms with Crippen LogP contribution in [0, 0.1) is 12.7 Å². The Kier molecular flexibility index (Phi) is 9.88. The number of aldehydes is 1. The minimum atomic E-state index is -4.64. The number of morpholine rings is 1. The molecule has 3 heterocycles. The van der Waals surface area contributed by atoms with Crippen molar-refractivity contribution in [2.75, 3.05) is 44.7 Å². The van der Waals surface area contributed by atoms with Crippen LogP contribution in [0.2, 0.25) is 0 Å². The third kappa shape index (κ3) is 8.73. The van der Waals surface area contributed by atoms with Crippen LogP contribution < -0.4 is 15.4 Å². The van der Waals surface area contributed by atoms with Gasteiger partial charge in [-0.25, -0.2) is 4.39 Å². The predicted molar refractivity (Wildman–Crippen MR) is 156 cm³/mol. The van der Waals surface area contributed by atoms with Crippen LogP contribution in [0.3, 0.4) is 0 Å². The molecule has 1 amide bonds. The predicted octanol–water partition coefficient (Wildman–Crippen LogP) is 4.42. The van der Waals surface area contributed by atoms with E-state index in [9.17, 15) is 22.4 Å². The number of anilines is 1. The van der Waals surface area contributed by atoms with Gasteiger partial charge >= 0.3 is 12.2 Å². The van der Waals surface area contributed by atoms with Crippen LogP contribution in [-0.4, -0.2) is 88.3 Å². The van der Waals surface area contributed by atoms with E-state index in [1.165, 1.54) is 12.1 Å². The molecule has 6 rings (SSSR count). The maximum atomic E-state index is 13.8. The summed E-state index contributed by atoms with van der Waals surface area (Å²) in [6.07, 6.45) is -1.91. The molecule has 15 heteroatoms. The number of aryl methyl sites for hydroxylation is 1. The monoisotopic (exact) mass is 629 g/mol. The van der Waals surface area contributed by atoms with E-state index < -0.39 is 18.3 Å². The van der Waals surface area contributed by atoms with E-state index >= 15 is 0 Å². The molecule has 1 saturated heterocycles. The highest BCUT2D eigenvalue weighted by Gasteiger charge is 2.25. The standard InChI is InChI=1S/C28H30FN7O3.C2HF3O/c1-18-15-19(5-8-23(18)26(37)32-21-6-7-21)24-17-31-36-25(24)33-28(39-22-4-2-3-20(29)16-22)34-27(36)30-9-10-35-11-13-38-14-12-35;3-2(4,5)1-6/h2-5,8,15-17,21H,6-7,9-14H2,1H3,(H,32,37)(H,30,33,34);1H. The second kappa shape index (κ2) is 14.0. The summed E-state index contributed by atoms with van der Waals surface area (Å²) in [5, 5.41) is 11.0. The first-order chi connectivity index (χ1) is 21.6. The van der Waals surface area contributed by atoms with Crippen molar-refractivity contribution in [2.45, 2.75) is 32.0 Å². The maximum absolute atomic E-state index is 13.8. The Bertz CT molecular complexity index is 1650. The average molecular weight is 630 g/mol. The molecule has 238 valence electrons. The first kappa shape index (κ1) is 31.8. The molecule has 2 N–H and O–H groups in total. The summed E-state index contributed by atoms with van der Waals surface area (Å²) in [5.74, 6) is 0.287. The normalized spacial score (nSPS) is 15.2. The molecular formula is C30H31F4N7O4. The maximum Gasteiger partial charge on any atom is 0.446 e. The van der Waals surface area contributed by atoms with Crippen LogP contribution in [0.15, 0.2) is 48.7 Å². The summed E-state index contributed by atoms with van der Waals surface area (Å²) in [6, 6.07) is 11.9. The van der Waals surface area contributed by atoms with Crippen LogP contribution in [0.25, 0.3) is 16.8 Å². The van der Waals surface area contributed by atoms with Gasteiger partial charge < -0.3 is 20.1 Å². The average Bonchev–Trinajstić information content (AvgIpc) is 3.72. The number of carbonyl (C=O) groups is 2. The largest absolute Gasteiger partial charge is 0.446 e. The van der Waals surface area contributed by atoms with E-state index in [4.69, 9.17) is 14.3 Å². The molecule has 2 aromatic carbocycles. The molecule has 4 aromatic rings. The van der Waals surface area contributed by atoms with Gasteiger partial charge in [-0.05, 0) is 49.1 Å². The Morgan fingerprint density at radius 3 is 2.56 bits per heavy atom. The van der Waals surface area contributed by atoms with E-state index in [2.05, 4.69) is 30.6 Å². The highest BCUT2D eigenvalue weighted by molar-refractivity contribution is 5.97. The van der Waals surface area contributed by atoms with Gasteiger partial charge in [-0.1, -0.05) is 18.2 Å². The van der Waals surface area contributed by atoms with Crippen molar-refractivity contribution >= 4 is 23.8 Å². The molecule has 0 unspecified atom stereocenters. The van der Waals surface area contributed by atoms with Crippen LogP contribution >= 0.6 is 0 Å². The molecule has 1 aliphatic heterocycles. The van der Waals surface area contributed by atoms with Crippen LogP contribution in [0.5, 0.6) is 11.8 Å². The molecule has 11 nitrogen and oxygen atoms in total. The minimum Gasteiger partial charge on any atom is -0.424 e. The Labute approximate surface area is 255 Å². The van der Waals surface area contributed by atoms with Gasteiger partial charge in [-0.2, -0.15) is 32.8 Å². The summed E-state index contributed by atoms with van der Waals surface area (Å²) >= 11 is 0. The number of halogens is 4. The molecule has 2 aromatic heterocycles. The zero-order valence-corrected chi connectivity index (χ0v) is 24.3. The topological polar surface area (TPSA) is 123 Å². The van der Waals surface area contributed by atoms with Gasteiger partial charge in [0.2, 0.25) is 12.2 Å². The summed E-state index contributed by atoms with van der Waals surface area (Å²) < 4.78 is 58.0. The number of rotatable bonds is 9. The van der Waals surface area contributed by atoms with Gasteiger partial charge in [-0.3, -0.25) is 14.5 Å². The van der Waals surface area contributed by atoms with Crippen molar-refractivity contribution in [3.05, 3.63) is 65.6 Å². The van der Waals surface area contributed by atoms with Gasteiger partial charge in [0, 0.05) is 49.4 Å². The van der Waals surface area contributed by atoms with Gasteiger partial charge in [-0.15, -0.1) is 0 Å². The lowest BCUT2D eigenvalue weighted by Crippen LogP contribution is -2.39. The zero-order chi connectivity index (χ0) is 32.0. The highest BCUT2D eigenvalue weighted by Crippen LogP contribution is 2.29. The first-order valence-corrected chi connectivity index (χ1v) is 14.3. The summed E-state index contributed by atoms with van der Waals surface area (Å²) in [6.45, 7) is 6.59. The summed E-state index contributed by atoms with van der Waals surface area (Å²) in [4.78, 5) is 32.8. The van der Waals surface area contributed by atoms with E-state index in [1.54, 1.807) is 22.8 Å². The molecule has 45 heavy (non-hydrogen) atoms. The Morgan fingerprint density at radius 2 is 1.89 bits per heavy atom. The fourth-order valence-electron chi connectivity index (χ4n) is 4.59. The Morgan fingerprint density at radius 1 is 1.13 bits per heavy atom. The van der Waals surface area contributed by atoms with Gasteiger partial charge in [0.15, 0.2) is 5.65 Å². The van der Waals surface area contributed by atoms with E-state index in [-0.39, 0.29) is 11.9 Å². The smallest absolute Gasteiger partial charge is 0.424 e. The number of nitrogens with zero attached hydrogens (tertiary/aromatic N) is 5. The fraction of sp³-hybridized carbons (Fsp3) is 0.367. The number of carbonyl (C=O) groups excluding carboxylic acids is 2. The van der Waals surface area contributed by atoms with Gasteiger partial charge in [0.1, 0.15) is 11.6 Å². The van der Waals surface area contributed by atoms with Crippen molar-refractivity contribution in [1.29, 1.82) is 0 Å². The van der Waals surface area contributed by atoms with Crippen molar-refractivity contribution in [3.63, 3.8) is 0 Å². The van der Waals surface area contributed by atoms with E-state index in [0.717, 1.165) is 62.4 Å². The van der Waals surface area contributed by atoms with E-state index in [1.807, 2.05) is 25.1 Å². The highest BCUT2D eigenvalue weighted by atomic mass is 19.4. The Balaban J connectivity index is 0.000000609. The molecule has 2 fully saturated rings. The molecule has 1 saturated carbocycles. The summed E-state index contributed by atoms with van der Waals surface area (Å²) in [5.41, 5.74) is 3.66. The summed E-state index contributed by atoms with van der Waals surface area (Å²) in [7, 11) is 0. The van der Waals surface area contributed by atoms with Crippen LogP contribution in [0.1, 0.15) is 28.8 Å². The number of fused-ring (bicyclic) bond motifs is 1. The first-order valence-electron chi connectivity index (χ1n) is 14.3. The molecule has 1 aliphatic carbocycles. The number of hydrogen-bond acceptors (Lipinski definition) is 9. The second-order valence-corrected chi connectivity index (χ2v) is 10.5. The number of alkyl halides is 3. The molecule has 0 radical (unpaired) electrons. The number of nitrogens with one attached hydrogen (secondary N) is 2. The molecular weight excluding hydrogens is 598 g/mol. The molecule has 0 spiro atoms.